The first-order chi connectivity index (χ1) is 7.98. The van der Waals surface area contributed by atoms with Gasteiger partial charge in [-0.3, -0.25) is 4.79 Å². The van der Waals surface area contributed by atoms with Crippen LogP contribution in [0.5, 0.6) is 0 Å². The Bertz CT molecular complexity index is 391. The van der Waals surface area contributed by atoms with Gasteiger partial charge in [-0.1, -0.05) is 51.1 Å². The van der Waals surface area contributed by atoms with Crippen molar-refractivity contribution in [3.8, 4) is 0 Å². The third-order valence-electron chi connectivity index (χ3n) is 3.39. The molecule has 0 aromatic heterocycles. The summed E-state index contributed by atoms with van der Waals surface area (Å²) in [5.41, 5.74) is 1.10. The quantitative estimate of drug-likeness (QED) is 0.727. The van der Waals surface area contributed by atoms with Crippen molar-refractivity contribution >= 4 is 5.91 Å². The Morgan fingerprint density at radius 1 is 1.24 bits per heavy atom. The molecule has 1 aromatic carbocycles. The zero-order valence-electron chi connectivity index (χ0n) is 10.9. The van der Waals surface area contributed by atoms with Crippen LogP contribution >= 0.6 is 0 Å². The van der Waals surface area contributed by atoms with Gasteiger partial charge in [0.1, 0.15) is 0 Å². The maximum Gasteiger partial charge on any atom is 0.227 e. The predicted octanol–water partition coefficient (Wildman–Crippen LogP) is 3.05. The summed E-state index contributed by atoms with van der Waals surface area (Å²) in [5, 5.41) is 0. The van der Waals surface area contributed by atoms with Crippen molar-refractivity contribution in [3.63, 3.8) is 0 Å². The molecule has 0 radical (unpaired) electrons. The first kappa shape index (κ1) is 12.2. The first-order valence-corrected chi connectivity index (χ1v) is 6.33. The standard InChI is InChI=1S/C15H21NO/c1-15(2,3)14(17)16-10-9-13(11-16)12-7-5-4-6-8-12/h4-8,13H,9-11H2,1-3H3. The summed E-state index contributed by atoms with van der Waals surface area (Å²) in [7, 11) is 0. The zero-order chi connectivity index (χ0) is 12.5. The van der Waals surface area contributed by atoms with E-state index in [9.17, 15) is 4.79 Å². The molecule has 17 heavy (non-hydrogen) atoms. The second-order valence-electron chi connectivity index (χ2n) is 5.90. The molecule has 0 aliphatic carbocycles. The van der Waals surface area contributed by atoms with Gasteiger partial charge in [0.15, 0.2) is 0 Å². The molecule has 2 rings (SSSR count). The van der Waals surface area contributed by atoms with Gasteiger partial charge in [-0.2, -0.15) is 0 Å². The molecule has 2 nitrogen and oxygen atoms in total. The molecule has 1 saturated heterocycles. The molecule has 1 amide bonds. The number of hydrogen-bond donors (Lipinski definition) is 0. The highest BCUT2D eigenvalue weighted by molar-refractivity contribution is 5.81. The summed E-state index contributed by atoms with van der Waals surface area (Å²) in [6, 6.07) is 10.5. The Balaban J connectivity index is 2.04. The van der Waals surface area contributed by atoms with Crippen LogP contribution in [0.15, 0.2) is 30.3 Å². The topological polar surface area (TPSA) is 20.3 Å². The van der Waals surface area contributed by atoms with Crippen molar-refractivity contribution in [1.82, 2.24) is 4.90 Å². The summed E-state index contributed by atoms with van der Waals surface area (Å²) in [6.07, 6.45) is 1.09. The van der Waals surface area contributed by atoms with E-state index in [2.05, 4.69) is 24.3 Å². The van der Waals surface area contributed by atoms with Gasteiger partial charge in [0, 0.05) is 24.4 Å². The van der Waals surface area contributed by atoms with Crippen molar-refractivity contribution in [3.05, 3.63) is 35.9 Å². The van der Waals surface area contributed by atoms with E-state index in [0.29, 0.717) is 5.92 Å². The highest BCUT2D eigenvalue weighted by Gasteiger charge is 2.33. The van der Waals surface area contributed by atoms with E-state index >= 15 is 0 Å². The van der Waals surface area contributed by atoms with Crippen molar-refractivity contribution in [2.24, 2.45) is 5.41 Å². The maximum atomic E-state index is 12.2. The molecule has 1 fully saturated rings. The van der Waals surface area contributed by atoms with E-state index in [-0.39, 0.29) is 11.3 Å². The average molecular weight is 231 g/mol. The lowest BCUT2D eigenvalue weighted by Gasteiger charge is -2.25. The number of benzene rings is 1. The fourth-order valence-corrected chi connectivity index (χ4v) is 2.42. The lowest BCUT2D eigenvalue weighted by Crippen LogP contribution is -2.37. The summed E-state index contributed by atoms with van der Waals surface area (Å²) in [6.45, 7) is 7.75. The van der Waals surface area contributed by atoms with Crippen LogP contribution in [-0.2, 0) is 4.79 Å². The van der Waals surface area contributed by atoms with Crippen LogP contribution in [-0.4, -0.2) is 23.9 Å². The molecule has 1 aliphatic heterocycles. The Hall–Kier alpha value is -1.31. The smallest absolute Gasteiger partial charge is 0.227 e. The van der Waals surface area contributed by atoms with Gasteiger partial charge in [-0.25, -0.2) is 0 Å². The fraction of sp³-hybridized carbons (Fsp3) is 0.533. The SMILES string of the molecule is CC(C)(C)C(=O)N1CCC(c2ccccc2)C1. The number of likely N-dealkylation sites (tertiary alicyclic amines) is 1. The summed E-state index contributed by atoms with van der Waals surface area (Å²) >= 11 is 0. The second kappa shape index (κ2) is 4.52. The van der Waals surface area contributed by atoms with Gasteiger partial charge in [0.05, 0.1) is 0 Å². The fourth-order valence-electron chi connectivity index (χ4n) is 2.42. The number of nitrogens with zero attached hydrogens (tertiary/aromatic N) is 1. The van der Waals surface area contributed by atoms with Gasteiger partial charge < -0.3 is 4.90 Å². The van der Waals surface area contributed by atoms with Gasteiger partial charge in [-0.05, 0) is 12.0 Å². The van der Waals surface area contributed by atoms with E-state index in [0.717, 1.165) is 19.5 Å². The minimum atomic E-state index is -0.258. The summed E-state index contributed by atoms with van der Waals surface area (Å²) in [5.74, 6) is 0.790. The highest BCUT2D eigenvalue weighted by Crippen LogP contribution is 2.29. The van der Waals surface area contributed by atoms with Crippen LogP contribution in [0.1, 0.15) is 38.7 Å². The van der Waals surface area contributed by atoms with Gasteiger partial charge in [0.25, 0.3) is 0 Å². The molecular weight excluding hydrogens is 210 g/mol. The minimum Gasteiger partial charge on any atom is -0.342 e. The average Bonchev–Trinajstić information content (AvgIpc) is 2.77. The van der Waals surface area contributed by atoms with Crippen LogP contribution < -0.4 is 0 Å². The van der Waals surface area contributed by atoms with Gasteiger partial charge in [0.2, 0.25) is 5.91 Å². The lowest BCUT2D eigenvalue weighted by atomic mass is 9.94. The molecule has 1 aromatic rings. The van der Waals surface area contributed by atoms with Crippen molar-refractivity contribution in [2.45, 2.75) is 33.1 Å². The molecule has 0 N–H and O–H groups in total. The number of rotatable bonds is 1. The van der Waals surface area contributed by atoms with Gasteiger partial charge in [-0.15, -0.1) is 0 Å². The molecule has 1 heterocycles. The third-order valence-corrected chi connectivity index (χ3v) is 3.39. The van der Waals surface area contributed by atoms with Crippen LogP contribution in [0.2, 0.25) is 0 Å². The Labute approximate surface area is 104 Å². The number of amides is 1. The highest BCUT2D eigenvalue weighted by atomic mass is 16.2. The van der Waals surface area contributed by atoms with Crippen molar-refractivity contribution in [1.29, 1.82) is 0 Å². The molecule has 1 unspecified atom stereocenters. The third kappa shape index (κ3) is 2.68. The molecule has 0 spiro atoms. The van der Waals surface area contributed by atoms with E-state index < -0.39 is 0 Å². The predicted molar refractivity (Wildman–Crippen MR) is 69.8 cm³/mol. The number of hydrogen-bond acceptors (Lipinski definition) is 1. The monoisotopic (exact) mass is 231 g/mol. The largest absolute Gasteiger partial charge is 0.342 e. The Morgan fingerprint density at radius 2 is 1.88 bits per heavy atom. The van der Waals surface area contributed by atoms with Crippen LogP contribution in [0.25, 0.3) is 0 Å². The van der Waals surface area contributed by atoms with Gasteiger partial charge >= 0.3 is 0 Å². The van der Waals surface area contributed by atoms with Crippen LogP contribution in [0.4, 0.5) is 0 Å². The molecule has 0 bridgehead atoms. The Morgan fingerprint density at radius 3 is 2.47 bits per heavy atom. The molecule has 1 atom stereocenters. The van der Waals surface area contributed by atoms with E-state index in [1.54, 1.807) is 0 Å². The molecular formula is C15H21NO. The lowest BCUT2D eigenvalue weighted by molar-refractivity contribution is -0.138. The second-order valence-corrected chi connectivity index (χ2v) is 5.90. The Kier molecular flexibility index (Phi) is 3.23. The van der Waals surface area contributed by atoms with Crippen LogP contribution in [0.3, 0.4) is 0 Å². The molecule has 1 aliphatic rings. The first-order valence-electron chi connectivity index (χ1n) is 6.33. The molecule has 92 valence electrons. The van der Waals surface area contributed by atoms with E-state index in [4.69, 9.17) is 0 Å². The molecule has 2 heteroatoms. The van der Waals surface area contributed by atoms with Crippen LogP contribution in [0, 0.1) is 5.41 Å². The zero-order valence-corrected chi connectivity index (χ0v) is 10.9. The van der Waals surface area contributed by atoms with E-state index in [1.165, 1.54) is 5.56 Å². The maximum absolute atomic E-state index is 12.2. The molecule has 0 saturated carbocycles. The normalized spacial score (nSPS) is 20.6. The van der Waals surface area contributed by atoms with Crippen molar-refractivity contribution in [2.75, 3.05) is 13.1 Å². The summed E-state index contributed by atoms with van der Waals surface area (Å²) < 4.78 is 0. The summed E-state index contributed by atoms with van der Waals surface area (Å²) in [4.78, 5) is 14.2. The van der Waals surface area contributed by atoms with Crippen molar-refractivity contribution < 1.29 is 4.79 Å². The van der Waals surface area contributed by atoms with E-state index in [1.807, 2.05) is 31.7 Å². The minimum absolute atomic E-state index is 0.258. The number of carbonyl (C=O) groups is 1. The number of carbonyl (C=O) groups excluding carboxylic acids is 1.